The van der Waals surface area contributed by atoms with Crippen LogP contribution in [0.15, 0.2) is 47.1 Å². The molecule has 0 saturated carbocycles. The predicted molar refractivity (Wildman–Crippen MR) is 110 cm³/mol. The molecular weight excluding hydrogens is 424 g/mol. The largest absolute Gasteiger partial charge is 0.378 e. The van der Waals surface area contributed by atoms with Crippen molar-refractivity contribution in [1.29, 1.82) is 0 Å². The average molecular weight is 447 g/mol. The maximum Gasteiger partial charge on any atom is 0.251 e. The van der Waals surface area contributed by atoms with Gasteiger partial charge in [0.25, 0.3) is 5.91 Å². The second-order valence-electron chi connectivity index (χ2n) is 6.38. The summed E-state index contributed by atoms with van der Waals surface area (Å²) in [5, 5.41) is 5.67. The highest BCUT2D eigenvalue weighted by molar-refractivity contribution is 9.10. The number of carbonyl (C=O) groups excluding carboxylic acids is 2. The Morgan fingerprint density at radius 3 is 2.61 bits per heavy atom. The van der Waals surface area contributed by atoms with Gasteiger partial charge in [-0.2, -0.15) is 0 Å². The first-order valence-electron chi connectivity index (χ1n) is 9.20. The minimum Gasteiger partial charge on any atom is -0.378 e. The lowest BCUT2D eigenvalue weighted by atomic mass is 10.2. The molecule has 0 spiro atoms. The maximum atomic E-state index is 12.1. The van der Waals surface area contributed by atoms with Gasteiger partial charge in [0, 0.05) is 54.4 Å². The Morgan fingerprint density at radius 1 is 1.11 bits per heavy atom. The Hall–Kier alpha value is -2.45. The monoisotopic (exact) mass is 446 g/mol. The van der Waals surface area contributed by atoms with E-state index >= 15 is 0 Å². The van der Waals surface area contributed by atoms with Gasteiger partial charge in [-0.05, 0) is 30.3 Å². The molecule has 7 nitrogen and oxygen atoms in total. The lowest BCUT2D eigenvalue weighted by Gasteiger charge is -2.29. The van der Waals surface area contributed by atoms with Gasteiger partial charge in [-0.15, -0.1) is 0 Å². The van der Waals surface area contributed by atoms with Crippen LogP contribution in [0.5, 0.6) is 0 Å². The number of nitrogens with one attached hydrogen (secondary N) is 2. The van der Waals surface area contributed by atoms with E-state index in [9.17, 15) is 9.59 Å². The van der Waals surface area contributed by atoms with Crippen molar-refractivity contribution in [2.45, 2.75) is 13.0 Å². The number of amides is 2. The van der Waals surface area contributed by atoms with Crippen molar-refractivity contribution in [2.75, 3.05) is 37.7 Å². The molecule has 0 aliphatic carbocycles. The molecule has 2 N–H and O–H groups in total. The Bertz CT molecular complexity index is 807. The number of ether oxygens (including phenoxy) is 1. The molecule has 2 amide bonds. The van der Waals surface area contributed by atoms with E-state index in [4.69, 9.17) is 4.74 Å². The third-order valence-corrected chi connectivity index (χ3v) is 4.93. The molecule has 0 atom stereocenters. The summed E-state index contributed by atoms with van der Waals surface area (Å²) >= 11 is 3.33. The summed E-state index contributed by atoms with van der Waals surface area (Å²) in [4.78, 5) is 30.8. The van der Waals surface area contributed by atoms with Crippen LogP contribution in [0.2, 0.25) is 0 Å². The minimum atomic E-state index is -0.192. The van der Waals surface area contributed by atoms with Gasteiger partial charge >= 0.3 is 0 Å². The van der Waals surface area contributed by atoms with Crippen molar-refractivity contribution in [3.63, 3.8) is 0 Å². The van der Waals surface area contributed by atoms with Crippen LogP contribution in [0, 0.1) is 0 Å². The lowest BCUT2D eigenvalue weighted by Crippen LogP contribution is -2.38. The molecule has 28 heavy (non-hydrogen) atoms. The van der Waals surface area contributed by atoms with Crippen LogP contribution in [0.3, 0.4) is 0 Å². The minimum absolute atomic E-state index is 0.118. The zero-order valence-corrected chi connectivity index (χ0v) is 17.1. The van der Waals surface area contributed by atoms with E-state index in [2.05, 4.69) is 36.4 Å². The molecule has 3 rings (SSSR count). The van der Waals surface area contributed by atoms with Gasteiger partial charge < -0.3 is 20.3 Å². The predicted octanol–water partition coefficient (Wildman–Crippen LogP) is 2.12. The first-order valence-corrected chi connectivity index (χ1v) is 10.00. The smallest absolute Gasteiger partial charge is 0.251 e. The Morgan fingerprint density at radius 2 is 1.86 bits per heavy atom. The number of nitrogens with zero attached hydrogens (tertiary/aromatic N) is 2. The second-order valence-corrected chi connectivity index (χ2v) is 7.29. The molecule has 0 bridgehead atoms. The summed E-state index contributed by atoms with van der Waals surface area (Å²) in [5.41, 5.74) is 1.53. The first kappa shape index (κ1) is 20.3. The number of halogens is 1. The van der Waals surface area contributed by atoms with Gasteiger partial charge in [-0.3, -0.25) is 9.59 Å². The van der Waals surface area contributed by atoms with E-state index in [1.54, 1.807) is 18.3 Å². The number of hydrogen-bond donors (Lipinski definition) is 2. The van der Waals surface area contributed by atoms with Crippen molar-refractivity contribution in [3.05, 3.63) is 58.2 Å². The molecule has 2 aromatic rings. The lowest BCUT2D eigenvalue weighted by molar-refractivity contribution is -0.121. The van der Waals surface area contributed by atoms with Crippen molar-refractivity contribution in [1.82, 2.24) is 15.6 Å². The summed E-state index contributed by atoms with van der Waals surface area (Å²) in [5.74, 6) is 0.574. The van der Waals surface area contributed by atoms with Crippen LogP contribution in [-0.4, -0.2) is 49.6 Å². The molecule has 1 aromatic carbocycles. The Labute approximate surface area is 172 Å². The average Bonchev–Trinajstić information content (AvgIpc) is 2.73. The quantitative estimate of drug-likeness (QED) is 0.680. The van der Waals surface area contributed by atoms with E-state index in [1.807, 2.05) is 24.3 Å². The second kappa shape index (κ2) is 10.2. The number of rotatable bonds is 7. The molecular formula is C20H23BrN4O3. The van der Waals surface area contributed by atoms with Crippen LogP contribution in [0.1, 0.15) is 22.3 Å². The third kappa shape index (κ3) is 5.77. The topological polar surface area (TPSA) is 83.6 Å². The number of hydrogen-bond acceptors (Lipinski definition) is 5. The van der Waals surface area contributed by atoms with Gasteiger partial charge in [-0.1, -0.05) is 22.0 Å². The number of carbonyl (C=O) groups is 2. The van der Waals surface area contributed by atoms with Crippen LogP contribution >= 0.6 is 15.9 Å². The van der Waals surface area contributed by atoms with Crippen molar-refractivity contribution >= 4 is 33.6 Å². The van der Waals surface area contributed by atoms with Crippen LogP contribution in [-0.2, 0) is 16.1 Å². The number of anilines is 1. The fourth-order valence-electron chi connectivity index (χ4n) is 2.90. The van der Waals surface area contributed by atoms with Gasteiger partial charge in [-0.25, -0.2) is 4.98 Å². The number of pyridine rings is 1. The summed E-state index contributed by atoms with van der Waals surface area (Å²) < 4.78 is 6.30. The highest BCUT2D eigenvalue weighted by Crippen LogP contribution is 2.18. The van der Waals surface area contributed by atoms with E-state index in [1.165, 1.54) is 0 Å². The van der Waals surface area contributed by atoms with Gasteiger partial charge in [0.1, 0.15) is 5.82 Å². The molecule has 2 heterocycles. The summed E-state index contributed by atoms with van der Waals surface area (Å²) in [6.45, 7) is 3.63. The van der Waals surface area contributed by atoms with E-state index in [0.29, 0.717) is 25.3 Å². The standard InChI is InChI=1S/C20H23BrN4O3/c21-17-5-3-15(4-6-17)20(27)23-9-7-18(26)24-14-16-2-1-8-22-19(16)25-10-12-28-13-11-25/h1-6,8H,7,9-14H2,(H,23,27)(H,24,26). The molecule has 1 aliphatic heterocycles. The molecule has 148 valence electrons. The van der Waals surface area contributed by atoms with Gasteiger partial charge in [0.2, 0.25) is 5.91 Å². The van der Waals surface area contributed by atoms with Crippen molar-refractivity contribution < 1.29 is 14.3 Å². The normalized spacial score (nSPS) is 13.8. The zero-order chi connectivity index (χ0) is 19.8. The van der Waals surface area contributed by atoms with Gasteiger partial charge in [0.15, 0.2) is 0 Å². The van der Waals surface area contributed by atoms with Crippen molar-refractivity contribution in [2.24, 2.45) is 0 Å². The summed E-state index contributed by atoms with van der Waals surface area (Å²) in [6, 6.07) is 10.9. The van der Waals surface area contributed by atoms with Crippen LogP contribution < -0.4 is 15.5 Å². The molecule has 1 saturated heterocycles. The number of morpholine rings is 1. The van der Waals surface area contributed by atoms with Gasteiger partial charge in [0.05, 0.1) is 13.2 Å². The highest BCUT2D eigenvalue weighted by atomic mass is 79.9. The molecule has 0 unspecified atom stereocenters. The molecule has 0 radical (unpaired) electrons. The van der Waals surface area contributed by atoms with E-state index < -0.39 is 0 Å². The SMILES string of the molecule is O=C(CCNC(=O)c1ccc(Br)cc1)NCc1cccnc1N1CCOCC1. The molecule has 1 aliphatic rings. The molecule has 1 aromatic heterocycles. The zero-order valence-electron chi connectivity index (χ0n) is 15.5. The highest BCUT2D eigenvalue weighted by Gasteiger charge is 2.16. The molecule has 1 fully saturated rings. The first-order chi connectivity index (χ1) is 13.6. The number of benzene rings is 1. The fourth-order valence-corrected chi connectivity index (χ4v) is 3.17. The Balaban J connectivity index is 1.44. The summed E-state index contributed by atoms with van der Waals surface area (Å²) in [6.07, 6.45) is 1.98. The van der Waals surface area contributed by atoms with Crippen LogP contribution in [0.25, 0.3) is 0 Å². The Kier molecular flexibility index (Phi) is 7.39. The summed E-state index contributed by atoms with van der Waals surface area (Å²) in [7, 11) is 0. The maximum absolute atomic E-state index is 12.1. The molecule has 8 heteroatoms. The fraction of sp³-hybridized carbons (Fsp3) is 0.350. The third-order valence-electron chi connectivity index (χ3n) is 4.40. The van der Waals surface area contributed by atoms with Crippen molar-refractivity contribution in [3.8, 4) is 0 Å². The number of aromatic nitrogens is 1. The van der Waals surface area contributed by atoms with E-state index in [-0.39, 0.29) is 24.8 Å². The van der Waals surface area contributed by atoms with Crippen LogP contribution in [0.4, 0.5) is 5.82 Å². The van der Waals surface area contributed by atoms with E-state index in [0.717, 1.165) is 28.9 Å².